The number of thioether (sulfide) groups is 1. The number of amides is 1. The molecule has 1 aromatic heterocycles. The molecule has 4 aromatic rings. The second-order valence-electron chi connectivity index (χ2n) is 7.77. The Morgan fingerprint density at radius 3 is 2.60 bits per heavy atom. The first-order chi connectivity index (χ1) is 17.1. The zero-order chi connectivity index (χ0) is 24.6. The lowest BCUT2D eigenvalue weighted by Crippen LogP contribution is -2.20. The number of hydrazone groups is 1. The summed E-state index contributed by atoms with van der Waals surface area (Å²) < 4.78 is 1.94. The molecule has 3 aromatic carbocycles. The van der Waals surface area contributed by atoms with Gasteiger partial charge in [0.25, 0.3) is 5.91 Å². The molecule has 0 aliphatic heterocycles. The van der Waals surface area contributed by atoms with Crippen molar-refractivity contribution in [3.63, 3.8) is 0 Å². The number of hydrogen-bond acceptors (Lipinski definition) is 6. The summed E-state index contributed by atoms with van der Waals surface area (Å²) in [5.41, 5.74) is 6.77. The van der Waals surface area contributed by atoms with E-state index in [2.05, 4.69) is 27.3 Å². The molecule has 0 fully saturated rings. The molecule has 2 N–H and O–H groups in total. The molecule has 4 rings (SSSR count). The van der Waals surface area contributed by atoms with E-state index in [0.717, 1.165) is 22.4 Å². The largest absolute Gasteiger partial charge is 0.507 e. The van der Waals surface area contributed by atoms with Crippen LogP contribution in [0.15, 0.2) is 95.7 Å². The SMILES string of the molecule is C=CCc1cccc(/C=N\NC(=O)CSc2nnc(-c3ccc(C)cc3)n2-c2ccccc2)c1O. The number of aromatic nitrogens is 3. The highest BCUT2D eigenvalue weighted by Crippen LogP contribution is 2.28. The maximum atomic E-state index is 12.4. The van der Waals surface area contributed by atoms with Crippen LogP contribution in [0.5, 0.6) is 5.75 Å². The van der Waals surface area contributed by atoms with Gasteiger partial charge in [0.05, 0.1) is 12.0 Å². The second-order valence-corrected chi connectivity index (χ2v) is 8.72. The van der Waals surface area contributed by atoms with E-state index < -0.39 is 0 Å². The summed E-state index contributed by atoms with van der Waals surface area (Å²) in [7, 11) is 0. The van der Waals surface area contributed by atoms with Gasteiger partial charge in [0.15, 0.2) is 11.0 Å². The van der Waals surface area contributed by atoms with E-state index >= 15 is 0 Å². The van der Waals surface area contributed by atoms with E-state index in [0.29, 0.717) is 23.0 Å². The fraction of sp³-hybridized carbons (Fsp3) is 0.111. The third-order valence-corrected chi connectivity index (χ3v) is 6.13. The van der Waals surface area contributed by atoms with Gasteiger partial charge in [-0.15, -0.1) is 16.8 Å². The van der Waals surface area contributed by atoms with Crippen LogP contribution in [0.2, 0.25) is 0 Å². The van der Waals surface area contributed by atoms with Gasteiger partial charge in [-0.3, -0.25) is 9.36 Å². The Morgan fingerprint density at radius 2 is 1.86 bits per heavy atom. The van der Waals surface area contributed by atoms with Crippen molar-refractivity contribution in [1.82, 2.24) is 20.2 Å². The molecule has 176 valence electrons. The number of phenolic OH excluding ortho intramolecular Hbond substituents is 1. The summed E-state index contributed by atoms with van der Waals surface area (Å²) in [5.74, 6) is 0.623. The van der Waals surface area contributed by atoms with Gasteiger partial charge in [-0.1, -0.05) is 78.0 Å². The predicted octanol–water partition coefficient (Wildman–Crippen LogP) is 4.92. The summed E-state index contributed by atoms with van der Waals surface area (Å²) in [5, 5.41) is 23.6. The van der Waals surface area contributed by atoms with E-state index in [4.69, 9.17) is 0 Å². The van der Waals surface area contributed by atoms with Gasteiger partial charge < -0.3 is 5.11 Å². The summed E-state index contributed by atoms with van der Waals surface area (Å²) in [6.07, 6.45) is 3.68. The number of allylic oxidation sites excluding steroid dienone is 1. The third kappa shape index (κ3) is 5.85. The van der Waals surface area contributed by atoms with Crippen LogP contribution >= 0.6 is 11.8 Å². The van der Waals surface area contributed by atoms with Crippen LogP contribution < -0.4 is 5.43 Å². The molecule has 7 nitrogen and oxygen atoms in total. The fourth-order valence-corrected chi connectivity index (χ4v) is 4.18. The first-order valence-electron chi connectivity index (χ1n) is 11.0. The third-order valence-electron chi connectivity index (χ3n) is 5.20. The van der Waals surface area contributed by atoms with Crippen LogP contribution in [0.4, 0.5) is 0 Å². The molecule has 0 atom stereocenters. The maximum absolute atomic E-state index is 12.4. The minimum absolute atomic E-state index is 0.0959. The molecule has 0 spiro atoms. The van der Waals surface area contributed by atoms with Crippen LogP contribution in [-0.2, 0) is 11.2 Å². The summed E-state index contributed by atoms with van der Waals surface area (Å²) in [6, 6.07) is 23.2. The minimum atomic E-state index is -0.299. The van der Waals surface area contributed by atoms with Crippen LogP contribution in [0.3, 0.4) is 0 Å². The molecule has 0 unspecified atom stereocenters. The molecule has 0 aliphatic carbocycles. The Hall–Kier alpha value is -4.17. The summed E-state index contributed by atoms with van der Waals surface area (Å²) in [4.78, 5) is 12.4. The summed E-state index contributed by atoms with van der Waals surface area (Å²) in [6.45, 7) is 5.72. The number of nitrogens with zero attached hydrogens (tertiary/aromatic N) is 4. The Balaban J connectivity index is 1.47. The predicted molar refractivity (Wildman–Crippen MR) is 140 cm³/mol. The zero-order valence-electron chi connectivity index (χ0n) is 19.3. The average molecular weight is 484 g/mol. The number of carbonyl (C=O) groups excluding carboxylic acids is 1. The van der Waals surface area contributed by atoms with Gasteiger partial charge in [0.2, 0.25) is 0 Å². The molecular formula is C27H25N5O2S. The Bertz CT molecular complexity index is 1350. The standard InChI is InChI=1S/C27H25N5O2S/c1-3-8-20-9-7-10-22(25(20)34)17-28-29-24(33)18-35-27-31-30-26(21-15-13-19(2)14-16-21)32(27)23-11-5-4-6-12-23/h3-7,9-17,34H,1,8,18H2,2H3,(H,29,33)/b28-17-. The van der Waals surface area contributed by atoms with Crippen molar-refractivity contribution in [3.05, 3.63) is 102 Å². The van der Waals surface area contributed by atoms with Crippen molar-refractivity contribution in [2.45, 2.75) is 18.5 Å². The quantitative estimate of drug-likeness (QED) is 0.153. The lowest BCUT2D eigenvalue weighted by molar-refractivity contribution is -0.118. The van der Waals surface area contributed by atoms with E-state index in [1.807, 2.05) is 78.2 Å². The number of nitrogens with one attached hydrogen (secondary N) is 1. The number of hydrogen-bond donors (Lipinski definition) is 2. The van der Waals surface area contributed by atoms with Gasteiger partial charge in [0, 0.05) is 16.8 Å². The van der Waals surface area contributed by atoms with Gasteiger partial charge in [0.1, 0.15) is 5.75 Å². The summed E-state index contributed by atoms with van der Waals surface area (Å²) >= 11 is 1.27. The number of carbonyl (C=O) groups is 1. The number of aryl methyl sites for hydroxylation is 1. The Kier molecular flexibility index (Phi) is 7.74. The highest BCUT2D eigenvalue weighted by atomic mass is 32.2. The van der Waals surface area contributed by atoms with Crippen LogP contribution in [0.1, 0.15) is 16.7 Å². The number of para-hydroxylation sites is 2. The average Bonchev–Trinajstić information content (AvgIpc) is 3.30. The van der Waals surface area contributed by atoms with Crippen molar-refractivity contribution >= 4 is 23.9 Å². The van der Waals surface area contributed by atoms with Gasteiger partial charge in [-0.25, -0.2) is 5.43 Å². The number of benzene rings is 3. The first-order valence-corrected chi connectivity index (χ1v) is 12.0. The topological polar surface area (TPSA) is 92.4 Å². The molecule has 0 aliphatic rings. The minimum Gasteiger partial charge on any atom is -0.507 e. The van der Waals surface area contributed by atoms with Crippen LogP contribution in [0, 0.1) is 6.92 Å². The number of rotatable bonds is 9. The maximum Gasteiger partial charge on any atom is 0.250 e. The van der Waals surface area contributed by atoms with Crippen LogP contribution in [0.25, 0.3) is 17.1 Å². The molecule has 1 heterocycles. The number of phenols is 1. The van der Waals surface area contributed by atoms with Crippen molar-refractivity contribution in [1.29, 1.82) is 0 Å². The normalized spacial score (nSPS) is 11.0. The highest BCUT2D eigenvalue weighted by Gasteiger charge is 2.17. The Labute approximate surface area is 208 Å². The first kappa shape index (κ1) is 24.0. The lowest BCUT2D eigenvalue weighted by atomic mass is 10.1. The lowest BCUT2D eigenvalue weighted by Gasteiger charge is -2.10. The zero-order valence-corrected chi connectivity index (χ0v) is 20.1. The molecule has 0 radical (unpaired) electrons. The monoisotopic (exact) mass is 483 g/mol. The van der Waals surface area contributed by atoms with E-state index in [9.17, 15) is 9.90 Å². The van der Waals surface area contributed by atoms with Crippen molar-refractivity contribution in [3.8, 4) is 22.8 Å². The van der Waals surface area contributed by atoms with Crippen molar-refractivity contribution in [2.24, 2.45) is 5.10 Å². The molecule has 8 heteroatoms. The molecule has 0 bridgehead atoms. The van der Waals surface area contributed by atoms with Gasteiger partial charge in [-0.2, -0.15) is 5.10 Å². The van der Waals surface area contributed by atoms with E-state index in [1.54, 1.807) is 12.1 Å². The number of aromatic hydroxyl groups is 1. The fourth-order valence-electron chi connectivity index (χ4n) is 3.43. The highest BCUT2D eigenvalue weighted by molar-refractivity contribution is 7.99. The Morgan fingerprint density at radius 1 is 1.09 bits per heavy atom. The smallest absolute Gasteiger partial charge is 0.250 e. The molecule has 35 heavy (non-hydrogen) atoms. The second kappa shape index (κ2) is 11.3. The van der Waals surface area contributed by atoms with E-state index in [1.165, 1.54) is 18.0 Å². The van der Waals surface area contributed by atoms with Gasteiger partial charge in [-0.05, 0) is 37.1 Å². The molecule has 1 amide bonds. The molecule has 0 saturated carbocycles. The van der Waals surface area contributed by atoms with Crippen LogP contribution in [-0.4, -0.2) is 37.7 Å². The van der Waals surface area contributed by atoms with E-state index in [-0.39, 0.29) is 17.4 Å². The van der Waals surface area contributed by atoms with Crippen molar-refractivity contribution in [2.75, 3.05) is 5.75 Å². The van der Waals surface area contributed by atoms with Crippen molar-refractivity contribution < 1.29 is 9.90 Å². The van der Waals surface area contributed by atoms with Gasteiger partial charge >= 0.3 is 0 Å². The molecule has 0 saturated heterocycles. The molecular weight excluding hydrogens is 458 g/mol.